The van der Waals surface area contributed by atoms with Crippen LogP contribution in [0.4, 0.5) is 0 Å². The monoisotopic (exact) mass is 554 g/mol. The third kappa shape index (κ3) is 4.26. The lowest BCUT2D eigenvalue weighted by atomic mass is 9.85. The highest BCUT2D eigenvalue weighted by molar-refractivity contribution is 6.06. The van der Waals surface area contributed by atoms with Gasteiger partial charge in [-0.15, -0.1) is 0 Å². The third-order valence-corrected chi connectivity index (χ3v) is 7.09. The number of aliphatic hydroxyl groups excluding tert-OH is 1. The average Bonchev–Trinajstić information content (AvgIpc) is 3.22. The summed E-state index contributed by atoms with van der Waals surface area (Å²) in [5.41, 5.74) is 1.36. The number of phenolic OH excluding ortho intramolecular Hbond substituents is 4. The molecule has 0 bridgehead atoms. The van der Waals surface area contributed by atoms with Crippen molar-refractivity contribution in [2.75, 3.05) is 6.61 Å². The first kappa shape index (κ1) is 25.8. The normalized spacial score (nSPS) is 18.8. The van der Waals surface area contributed by atoms with Gasteiger partial charge in [-0.05, 0) is 35.4 Å². The van der Waals surface area contributed by atoms with Gasteiger partial charge < -0.3 is 39.8 Å². The Hall–Kier alpha value is -5.48. The topological polar surface area (TPSA) is 178 Å². The highest BCUT2D eigenvalue weighted by atomic mass is 16.5. The lowest BCUT2D eigenvalue weighted by Gasteiger charge is -2.33. The van der Waals surface area contributed by atoms with Crippen LogP contribution in [0.2, 0.25) is 0 Å². The number of phenols is 4. The molecule has 2 aliphatic carbocycles. The summed E-state index contributed by atoms with van der Waals surface area (Å²) in [4.78, 5) is 23.5. The lowest BCUT2D eigenvalue weighted by Crippen LogP contribution is -2.39. The summed E-state index contributed by atoms with van der Waals surface area (Å²) in [5.74, 6) is -1.63. The van der Waals surface area contributed by atoms with Crippen LogP contribution in [0.1, 0.15) is 11.1 Å². The maximum Gasteiger partial charge on any atom is 0.224 e. The Kier molecular flexibility index (Phi) is 5.86. The van der Waals surface area contributed by atoms with Gasteiger partial charge >= 0.3 is 0 Å². The Morgan fingerprint density at radius 2 is 1.54 bits per heavy atom. The van der Waals surface area contributed by atoms with E-state index >= 15 is 0 Å². The molecule has 1 atom stereocenters. The second-order valence-electron chi connectivity index (χ2n) is 9.84. The molecule has 1 aliphatic heterocycles. The molecule has 1 aromatic heterocycles. The molecule has 3 aromatic carbocycles. The summed E-state index contributed by atoms with van der Waals surface area (Å²) in [5, 5.41) is 59.2. The fourth-order valence-electron chi connectivity index (χ4n) is 5.26. The number of carbonyl (C=O) groups is 1. The Morgan fingerprint density at radius 1 is 0.805 bits per heavy atom. The zero-order valence-electron chi connectivity index (χ0n) is 21.2. The average molecular weight is 555 g/mol. The third-order valence-electron chi connectivity index (χ3n) is 7.09. The number of benzene rings is 3. The van der Waals surface area contributed by atoms with Crippen LogP contribution < -0.4 is 5.43 Å². The number of hydrogen-bond donors (Lipinski definition) is 6. The van der Waals surface area contributed by atoms with Crippen LogP contribution in [0.25, 0.3) is 27.9 Å². The van der Waals surface area contributed by atoms with Crippen LogP contribution in [-0.4, -0.2) is 48.6 Å². The van der Waals surface area contributed by atoms with Crippen LogP contribution in [0.5, 0.6) is 23.0 Å². The van der Waals surface area contributed by atoms with Crippen molar-refractivity contribution >= 4 is 22.3 Å². The van der Waals surface area contributed by atoms with Crippen LogP contribution >= 0.6 is 0 Å². The van der Waals surface area contributed by atoms with E-state index in [2.05, 4.69) is 0 Å². The van der Waals surface area contributed by atoms with Gasteiger partial charge in [0.15, 0.2) is 22.7 Å². The van der Waals surface area contributed by atoms with E-state index in [1.54, 1.807) is 0 Å². The van der Waals surface area contributed by atoms with Crippen molar-refractivity contribution in [3.8, 4) is 34.3 Å². The Morgan fingerprint density at radius 3 is 2.29 bits per heavy atom. The predicted octanol–water partition coefficient (Wildman–Crippen LogP) is 3.95. The molecule has 10 nitrogen and oxygen atoms in total. The van der Waals surface area contributed by atoms with Crippen molar-refractivity contribution in [1.29, 1.82) is 0 Å². The highest BCUT2D eigenvalue weighted by Crippen LogP contribution is 2.50. The van der Waals surface area contributed by atoms with Gasteiger partial charge in [-0.1, -0.05) is 30.3 Å². The van der Waals surface area contributed by atoms with E-state index in [4.69, 9.17) is 9.15 Å². The Balaban J connectivity index is 0.000000149. The standard InChI is InChI=1S/C16H12O6.C15H10O4/c17-10-2-1-8-13-9-4-12(19)11(18)3-7(9)5-16(13,21)6-22-15(8)14(10)20;16-10-6-11(17)15-12(18)8-13(19-14(15)7-10)9-4-2-1-3-5-9/h1-4,18-21H,5-6H2;1-8,16-17H. The first-order valence-corrected chi connectivity index (χ1v) is 12.4. The molecule has 7 rings (SSSR count). The fraction of sp³-hybridized carbons (Fsp3) is 0.0968. The molecule has 41 heavy (non-hydrogen) atoms. The van der Waals surface area contributed by atoms with Crippen molar-refractivity contribution in [1.82, 2.24) is 0 Å². The zero-order valence-corrected chi connectivity index (χ0v) is 21.2. The summed E-state index contributed by atoms with van der Waals surface area (Å²) in [6, 6.07) is 15.7. The van der Waals surface area contributed by atoms with E-state index in [-0.39, 0.29) is 58.2 Å². The van der Waals surface area contributed by atoms with E-state index in [0.717, 1.165) is 11.6 Å². The molecule has 0 fully saturated rings. The number of rotatable bonds is 1. The molecule has 0 spiro atoms. The largest absolute Gasteiger partial charge is 0.508 e. The van der Waals surface area contributed by atoms with Gasteiger partial charge in [0.2, 0.25) is 11.5 Å². The van der Waals surface area contributed by atoms with Gasteiger partial charge in [0, 0.05) is 41.3 Å². The first-order chi connectivity index (χ1) is 19.6. The number of carbonyl (C=O) groups excluding carboxylic acids is 1. The molecule has 10 heteroatoms. The Bertz CT molecular complexity index is 1910. The number of fused-ring (bicyclic) bond motifs is 5. The first-order valence-electron chi connectivity index (χ1n) is 12.4. The maximum absolute atomic E-state index is 12.0. The summed E-state index contributed by atoms with van der Waals surface area (Å²) in [6.07, 6.45) is 2.90. The summed E-state index contributed by atoms with van der Waals surface area (Å²) in [7, 11) is 0. The number of hydrogen-bond acceptors (Lipinski definition) is 10. The van der Waals surface area contributed by atoms with Crippen LogP contribution in [0.15, 0.2) is 99.1 Å². The quantitative estimate of drug-likeness (QED) is 0.189. The molecule has 0 saturated carbocycles. The number of ketones is 1. The highest BCUT2D eigenvalue weighted by Gasteiger charge is 2.47. The molecule has 0 radical (unpaired) electrons. The number of aromatic hydroxyl groups is 4. The molecule has 1 unspecified atom stereocenters. The SMILES string of the molecule is O=C1C=CC2=C3c4cc(O)c(O)cc4CC3(O)COC2=C1O.O=c1cc(-c2ccccc2)oc2cc(O)cc(O)c12. The van der Waals surface area contributed by atoms with Crippen LogP contribution in [0, 0.1) is 0 Å². The van der Waals surface area contributed by atoms with Gasteiger partial charge in [-0.3, -0.25) is 9.59 Å². The summed E-state index contributed by atoms with van der Waals surface area (Å²) >= 11 is 0. The van der Waals surface area contributed by atoms with Crippen LogP contribution in [-0.2, 0) is 16.0 Å². The van der Waals surface area contributed by atoms with Crippen molar-refractivity contribution in [3.05, 3.63) is 111 Å². The maximum atomic E-state index is 12.0. The molecule has 0 amide bonds. The fourth-order valence-corrected chi connectivity index (χ4v) is 5.26. The minimum Gasteiger partial charge on any atom is -0.508 e. The van der Waals surface area contributed by atoms with Gasteiger partial charge in [0.1, 0.15) is 40.4 Å². The second kappa shape index (κ2) is 9.32. The number of allylic oxidation sites excluding steroid dienone is 2. The predicted molar refractivity (Wildman–Crippen MR) is 146 cm³/mol. The molecule has 2 heterocycles. The molecular weight excluding hydrogens is 532 g/mol. The Labute approximate surface area is 231 Å². The van der Waals surface area contributed by atoms with Gasteiger partial charge in [0.25, 0.3) is 0 Å². The molecule has 6 N–H and O–H groups in total. The second-order valence-corrected chi connectivity index (χ2v) is 9.84. The van der Waals surface area contributed by atoms with E-state index < -0.39 is 17.1 Å². The molecule has 4 aromatic rings. The van der Waals surface area contributed by atoms with Crippen LogP contribution in [0.3, 0.4) is 0 Å². The lowest BCUT2D eigenvalue weighted by molar-refractivity contribution is -0.114. The number of ether oxygens (including phenoxy) is 1. The van der Waals surface area contributed by atoms with Gasteiger partial charge in [-0.2, -0.15) is 0 Å². The minimum absolute atomic E-state index is 0.0348. The smallest absolute Gasteiger partial charge is 0.224 e. The summed E-state index contributed by atoms with van der Waals surface area (Å²) < 4.78 is 11.0. The van der Waals surface area contributed by atoms with E-state index in [1.807, 2.05) is 30.3 Å². The molecule has 3 aliphatic rings. The molecule has 0 saturated heterocycles. The van der Waals surface area contributed by atoms with Crippen molar-refractivity contribution in [3.63, 3.8) is 0 Å². The van der Waals surface area contributed by atoms with Gasteiger partial charge in [0.05, 0.1) is 0 Å². The van der Waals surface area contributed by atoms with Gasteiger partial charge in [-0.25, -0.2) is 0 Å². The zero-order chi connectivity index (χ0) is 29.1. The van der Waals surface area contributed by atoms with E-state index in [0.29, 0.717) is 28.0 Å². The van der Waals surface area contributed by atoms with Crippen molar-refractivity contribution in [2.24, 2.45) is 0 Å². The van der Waals surface area contributed by atoms with E-state index in [1.165, 1.54) is 36.4 Å². The van der Waals surface area contributed by atoms with Crippen molar-refractivity contribution in [2.45, 2.75) is 12.0 Å². The summed E-state index contributed by atoms with van der Waals surface area (Å²) in [6.45, 7) is -0.122. The van der Waals surface area contributed by atoms with E-state index in [9.17, 15) is 40.2 Å². The molecular formula is C31H22O10. The number of aliphatic hydroxyl groups is 2. The molecule has 206 valence electrons. The minimum atomic E-state index is -1.33. The van der Waals surface area contributed by atoms with Crippen molar-refractivity contribution < 1.29 is 44.6 Å².